The van der Waals surface area contributed by atoms with Crippen LogP contribution in [0.1, 0.15) is 17.3 Å². The van der Waals surface area contributed by atoms with Crippen molar-refractivity contribution in [1.29, 1.82) is 0 Å². The first-order valence-electron chi connectivity index (χ1n) is 5.09. The fraction of sp³-hybridized carbons (Fsp3) is 0.167. The molecule has 2 N–H and O–H groups in total. The van der Waals surface area contributed by atoms with Gasteiger partial charge in [-0.1, -0.05) is 18.2 Å². The third-order valence-electron chi connectivity index (χ3n) is 2.44. The van der Waals surface area contributed by atoms with Crippen LogP contribution in [-0.4, -0.2) is 23.0 Å². The third kappa shape index (κ3) is 2.29. The maximum absolute atomic E-state index is 11.9. The largest absolute Gasteiger partial charge is 0.480 e. The first-order valence-corrected chi connectivity index (χ1v) is 5.97. The Labute approximate surface area is 102 Å². The van der Waals surface area contributed by atoms with Crippen LogP contribution >= 0.6 is 11.3 Å². The maximum Gasteiger partial charge on any atom is 0.325 e. The monoisotopic (exact) mass is 249 g/mol. The summed E-state index contributed by atoms with van der Waals surface area (Å²) in [6, 6.07) is 6.65. The molecule has 0 fully saturated rings. The van der Waals surface area contributed by atoms with Crippen molar-refractivity contribution < 1.29 is 14.7 Å². The zero-order valence-corrected chi connectivity index (χ0v) is 9.95. The van der Waals surface area contributed by atoms with E-state index in [1.54, 1.807) is 5.38 Å². The second kappa shape index (κ2) is 4.55. The molecule has 0 saturated heterocycles. The molecule has 1 amide bonds. The van der Waals surface area contributed by atoms with E-state index in [9.17, 15) is 9.59 Å². The van der Waals surface area contributed by atoms with E-state index in [4.69, 9.17) is 5.11 Å². The zero-order valence-electron chi connectivity index (χ0n) is 9.14. The Kier molecular flexibility index (Phi) is 3.10. The number of carbonyl (C=O) groups is 2. The highest BCUT2D eigenvalue weighted by atomic mass is 32.1. The van der Waals surface area contributed by atoms with Crippen molar-refractivity contribution in [1.82, 2.24) is 5.32 Å². The van der Waals surface area contributed by atoms with Crippen molar-refractivity contribution in [2.24, 2.45) is 0 Å². The van der Waals surface area contributed by atoms with Crippen molar-refractivity contribution in [2.45, 2.75) is 13.0 Å². The van der Waals surface area contributed by atoms with E-state index in [2.05, 4.69) is 5.32 Å². The number of carboxylic acids is 1. The Morgan fingerprint density at radius 3 is 2.76 bits per heavy atom. The van der Waals surface area contributed by atoms with Crippen LogP contribution in [-0.2, 0) is 4.79 Å². The van der Waals surface area contributed by atoms with Gasteiger partial charge in [0.2, 0.25) is 0 Å². The average molecular weight is 249 g/mol. The maximum atomic E-state index is 11.9. The van der Waals surface area contributed by atoms with Crippen molar-refractivity contribution in [2.75, 3.05) is 0 Å². The Bertz CT molecular complexity index is 576. The number of amides is 1. The summed E-state index contributed by atoms with van der Waals surface area (Å²) in [7, 11) is 0. The van der Waals surface area contributed by atoms with Crippen LogP contribution in [0.3, 0.4) is 0 Å². The van der Waals surface area contributed by atoms with Gasteiger partial charge in [-0.3, -0.25) is 9.59 Å². The highest BCUT2D eigenvalue weighted by Crippen LogP contribution is 2.25. The Balaban J connectivity index is 2.28. The smallest absolute Gasteiger partial charge is 0.325 e. The van der Waals surface area contributed by atoms with Crippen molar-refractivity contribution in [3.05, 3.63) is 35.2 Å². The number of nitrogens with one attached hydrogen (secondary N) is 1. The van der Waals surface area contributed by atoms with Gasteiger partial charge in [-0.15, -0.1) is 11.3 Å². The SMILES string of the molecule is C[C@@H](NC(=O)c1csc2ccccc12)C(=O)O. The lowest BCUT2D eigenvalue weighted by atomic mass is 10.1. The van der Waals surface area contributed by atoms with Gasteiger partial charge in [0, 0.05) is 15.5 Å². The third-order valence-corrected chi connectivity index (χ3v) is 3.41. The number of fused-ring (bicyclic) bond motifs is 1. The molecular weight excluding hydrogens is 238 g/mol. The molecule has 1 atom stereocenters. The molecule has 2 aromatic rings. The van der Waals surface area contributed by atoms with Gasteiger partial charge in [0.05, 0.1) is 5.56 Å². The van der Waals surface area contributed by atoms with Crippen molar-refractivity contribution >= 4 is 33.3 Å². The lowest BCUT2D eigenvalue weighted by molar-refractivity contribution is -0.138. The van der Waals surface area contributed by atoms with Gasteiger partial charge in [0.1, 0.15) is 6.04 Å². The first kappa shape index (κ1) is 11.6. The van der Waals surface area contributed by atoms with Gasteiger partial charge in [0.15, 0.2) is 0 Å². The average Bonchev–Trinajstić information content (AvgIpc) is 2.72. The molecule has 4 nitrogen and oxygen atoms in total. The molecule has 5 heteroatoms. The topological polar surface area (TPSA) is 66.4 Å². The lowest BCUT2D eigenvalue weighted by Crippen LogP contribution is -2.38. The van der Waals surface area contributed by atoms with Gasteiger partial charge in [-0.25, -0.2) is 0 Å². The predicted octanol–water partition coefficient (Wildman–Crippen LogP) is 2.10. The fourth-order valence-electron chi connectivity index (χ4n) is 1.49. The predicted molar refractivity (Wildman–Crippen MR) is 66.4 cm³/mol. The Morgan fingerprint density at radius 2 is 2.06 bits per heavy atom. The first-order chi connectivity index (χ1) is 8.09. The highest BCUT2D eigenvalue weighted by molar-refractivity contribution is 7.17. The molecule has 0 aliphatic heterocycles. The molecule has 0 aliphatic rings. The highest BCUT2D eigenvalue weighted by Gasteiger charge is 2.17. The minimum atomic E-state index is -1.04. The van der Waals surface area contributed by atoms with E-state index in [-0.39, 0.29) is 5.91 Å². The van der Waals surface area contributed by atoms with Crippen molar-refractivity contribution in [3.63, 3.8) is 0 Å². The molecule has 0 spiro atoms. The van der Waals surface area contributed by atoms with Crippen molar-refractivity contribution in [3.8, 4) is 0 Å². The van der Waals surface area contributed by atoms with Crippen LogP contribution in [0.4, 0.5) is 0 Å². The van der Waals surface area contributed by atoms with Gasteiger partial charge in [-0.2, -0.15) is 0 Å². The second-order valence-corrected chi connectivity index (χ2v) is 4.59. The van der Waals surface area contributed by atoms with E-state index in [1.807, 2.05) is 24.3 Å². The summed E-state index contributed by atoms with van der Waals surface area (Å²) >= 11 is 1.47. The van der Waals surface area contributed by atoms with Crippen LogP contribution in [0.5, 0.6) is 0 Å². The van der Waals surface area contributed by atoms with Gasteiger partial charge in [-0.05, 0) is 13.0 Å². The Hall–Kier alpha value is -1.88. The van der Waals surface area contributed by atoms with Crippen LogP contribution < -0.4 is 5.32 Å². The van der Waals surface area contributed by atoms with E-state index < -0.39 is 12.0 Å². The number of rotatable bonds is 3. The molecule has 0 radical (unpaired) electrons. The molecular formula is C12H11NO3S. The van der Waals surface area contributed by atoms with Crippen LogP contribution in [0.15, 0.2) is 29.6 Å². The zero-order chi connectivity index (χ0) is 12.4. The van der Waals surface area contributed by atoms with Crippen LogP contribution in [0.25, 0.3) is 10.1 Å². The molecule has 0 saturated carbocycles. The number of thiophene rings is 1. The molecule has 0 aliphatic carbocycles. The van der Waals surface area contributed by atoms with E-state index in [0.29, 0.717) is 5.56 Å². The Morgan fingerprint density at radius 1 is 1.35 bits per heavy atom. The quantitative estimate of drug-likeness (QED) is 0.875. The van der Waals surface area contributed by atoms with E-state index >= 15 is 0 Å². The van der Waals surface area contributed by atoms with Gasteiger partial charge in [0.25, 0.3) is 5.91 Å². The summed E-state index contributed by atoms with van der Waals surface area (Å²) < 4.78 is 1.01. The summed E-state index contributed by atoms with van der Waals surface area (Å²) in [6.45, 7) is 1.44. The molecule has 0 bridgehead atoms. The molecule has 1 heterocycles. The normalized spacial score (nSPS) is 12.3. The summed E-state index contributed by atoms with van der Waals surface area (Å²) in [4.78, 5) is 22.5. The molecule has 88 valence electrons. The number of hydrogen-bond donors (Lipinski definition) is 2. The molecule has 1 aromatic heterocycles. The summed E-state index contributed by atoms with van der Waals surface area (Å²) in [5.41, 5.74) is 0.527. The van der Waals surface area contributed by atoms with E-state index in [1.165, 1.54) is 18.3 Å². The van der Waals surface area contributed by atoms with Crippen LogP contribution in [0.2, 0.25) is 0 Å². The van der Waals surface area contributed by atoms with Gasteiger partial charge < -0.3 is 10.4 Å². The minimum Gasteiger partial charge on any atom is -0.480 e. The number of benzene rings is 1. The molecule has 17 heavy (non-hydrogen) atoms. The van der Waals surface area contributed by atoms with E-state index in [0.717, 1.165) is 10.1 Å². The number of aliphatic carboxylic acids is 1. The summed E-state index contributed by atoms with van der Waals surface area (Å²) in [6.07, 6.45) is 0. The number of carboxylic acid groups (broad SMARTS) is 1. The van der Waals surface area contributed by atoms with Gasteiger partial charge >= 0.3 is 5.97 Å². The molecule has 2 rings (SSSR count). The summed E-state index contributed by atoms with van der Waals surface area (Å²) in [5.74, 6) is -1.39. The minimum absolute atomic E-state index is 0.350. The fourth-order valence-corrected chi connectivity index (χ4v) is 2.43. The van der Waals surface area contributed by atoms with Crippen LogP contribution in [0, 0.1) is 0 Å². The standard InChI is InChI=1S/C12H11NO3S/c1-7(12(15)16)13-11(14)9-6-17-10-5-3-2-4-8(9)10/h2-7H,1H3,(H,13,14)(H,15,16)/t7-/m1/s1. The lowest BCUT2D eigenvalue weighted by Gasteiger charge is -2.08. The second-order valence-electron chi connectivity index (χ2n) is 3.68. The molecule has 0 unspecified atom stereocenters. The number of carbonyl (C=O) groups excluding carboxylic acids is 1. The number of hydrogen-bond acceptors (Lipinski definition) is 3. The summed E-state index contributed by atoms with van der Waals surface area (Å²) in [5, 5.41) is 13.8. The molecule has 1 aromatic carbocycles.